The first-order chi connectivity index (χ1) is 6.59. The molecule has 1 heterocycles. The van der Waals surface area contributed by atoms with Crippen molar-refractivity contribution in [3.05, 3.63) is 24.3 Å². The molecule has 0 saturated carbocycles. The van der Waals surface area contributed by atoms with E-state index in [0.717, 1.165) is 6.42 Å². The second-order valence-corrected chi connectivity index (χ2v) is 4.32. The molecule has 0 aliphatic carbocycles. The largest absolute Gasteiger partial charge is 0.185 e. The van der Waals surface area contributed by atoms with E-state index in [9.17, 15) is 0 Å². The van der Waals surface area contributed by atoms with Crippen LogP contribution in [0.1, 0.15) is 34.1 Å². The molecule has 78 valence electrons. The van der Waals surface area contributed by atoms with Gasteiger partial charge in [0, 0.05) is 5.92 Å². The van der Waals surface area contributed by atoms with Crippen LogP contribution < -0.4 is 0 Å². The van der Waals surface area contributed by atoms with Crippen molar-refractivity contribution < 1.29 is 0 Å². The van der Waals surface area contributed by atoms with E-state index in [0.29, 0.717) is 5.92 Å². The van der Waals surface area contributed by atoms with Gasteiger partial charge < -0.3 is 0 Å². The lowest BCUT2D eigenvalue weighted by molar-refractivity contribution is 0.530. The van der Waals surface area contributed by atoms with Gasteiger partial charge in [0.05, 0.1) is 11.6 Å². The highest BCUT2D eigenvalue weighted by Gasteiger charge is 2.21. The second kappa shape index (κ2) is 4.54. The lowest BCUT2D eigenvalue weighted by Crippen LogP contribution is -2.11. The number of allylic oxidation sites excluding steroid dienone is 1. The molecule has 0 amide bonds. The Bertz CT molecular complexity index is 261. The SMILES string of the molecule is C/C=C/C1N=NC(C)(C)C=CC1CC. The van der Waals surface area contributed by atoms with Gasteiger partial charge in [-0.25, -0.2) is 0 Å². The van der Waals surface area contributed by atoms with Crippen molar-refractivity contribution in [2.45, 2.75) is 45.7 Å². The van der Waals surface area contributed by atoms with Gasteiger partial charge in [-0.15, -0.1) is 0 Å². The van der Waals surface area contributed by atoms with E-state index in [4.69, 9.17) is 0 Å². The molecule has 0 N–H and O–H groups in total. The highest BCUT2D eigenvalue weighted by atomic mass is 15.2. The van der Waals surface area contributed by atoms with Crippen molar-refractivity contribution in [2.24, 2.45) is 16.1 Å². The molecule has 0 saturated heterocycles. The van der Waals surface area contributed by atoms with Crippen molar-refractivity contribution >= 4 is 0 Å². The van der Waals surface area contributed by atoms with E-state index in [1.807, 2.05) is 6.92 Å². The molecule has 0 aromatic rings. The van der Waals surface area contributed by atoms with Crippen molar-refractivity contribution in [3.63, 3.8) is 0 Å². The third kappa shape index (κ3) is 2.79. The fraction of sp³-hybridized carbons (Fsp3) is 0.667. The van der Waals surface area contributed by atoms with Crippen molar-refractivity contribution in [1.82, 2.24) is 0 Å². The first-order valence-corrected chi connectivity index (χ1v) is 5.33. The Kier molecular flexibility index (Phi) is 3.62. The van der Waals surface area contributed by atoms with Gasteiger partial charge in [-0.1, -0.05) is 31.2 Å². The van der Waals surface area contributed by atoms with Crippen LogP contribution >= 0.6 is 0 Å². The first-order valence-electron chi connectivity index (χ1n) is 5.33. The summed E-state index contributed by atoms with van der Waals surface area (Å²) in [5.74, 6) is 0.497. The van der Waals surface area contributed by atoms with Gasteiger partial charge in [-0.05, 0) is 27.2 Å². The molecule has 0 aromatic carbocycles. The van der Waals surface area contributed by atoms with Gasteiger partial charge in [-0.2, -0.15) is 10.2 Å². The van der Waals surface area contributed by atoms with Crippen LogP contribution in [-0.2, 0) is 0 Å². The maximum absolute atomic E-state index is 4.39. The van der Waals surface area contributed by atoms with E-state index in [1.54, 1.807) is 0 Å². The van der Waals surface area contributed by atoms with Gasteiger partial charge in [-0.3, -0.25) is 0 Å². The Balaban J connectivity index is 2.90. The third-order valence-electron chi connectivity index (χ3n) is 2.50. The van der Waals surface area contributed by atoms with Gasteiger partial charge in [0.25, 0.3) is 0 Å². The maximum atomic E-state index is 4.39. The van der Waals surface area contributed by atoms with E-state index in [-0.39, 0.29) is 11.6 Å². The summed E-state index contributed by atoms with van der Waals surface area (Å²) in [5, 5.41) is 8.73. The number of hydrogen-bond donors (Lipinski definition) is 0. The highest BCUT2D eigenvalue weighted by molar-refractivity contribution is 5.10. The molecule has 0 radical (unpaired) electrons. The minimum Gasteiger partial charge on any atom is -0.185 e. The summed E-state index contributed by atoms with van der Waals surface area (Å²) in [5.41, 5.74) is -0.135. The lowest BCUT2D eigenvalue weighted by atomic mass is 9.95. The Morgan fingerprint density at radius 2 is 2.14 bits per heavy atom. The number of azo groups is 1. The van der Waals surface area contributed by atoms with Crippen LogP contribution in [-0.4, -0.2) is 11.6 Å². The summed E-state index contributed by atoms with van der Waals surface area (Å²) in [7, 11) is 0. The molecular weight excluding hydrogens is 172 g/mol. The fourth-order valence-electron chi connectivity index (χ4n) is 1.56. The molecule has 0 fully saturated rings. The van der Waals surface area contributed by atoms with Crippen molar-refractivity contribution in [1.29, 1.82) is 0 Å². The minimum absolute atomic E-state index is 0.135. The van der Waals surface area contributed by atoms with Crippen molar-refractivity contribution in [3.8, 4) is 0 Å². The quantitative estimate of drug-likeness (QED) is 0.595. The van der Waals surface area contributed by atoms with Crippen LogP contribution in [0.2, 0.25) is 0 Å². The summed E-state index contributed by atoms with van der Waals surface area (Å²) in [4.78, 5) is 0. The molecule has 0 aromatic heterocycles. The van der Waals surface area contributed by atoms with Crippen LogP contribution in [0.15, 0.2) is 34.5 Å². The Hall–Kier alpha value is -0.920. The Labute approximate surface area is 86.8 Å². The normalized spacial score (nSPS) is 30.9. The molecule has 0 spiro atoms. The fourth-order valence-corrected chi connectivity index (χ4v) is 1.56. The third-order valence-corrected chi connectivity index (χ3v) is 2.50. The summed E-state index contributed by atoms with van der Waals surface area (Å²) in [6.07, 6.45) is 9.71. The topological polar surface area (TPSA) is 24.7 Å². The molecule has 2 atom stereocenters. The number of nitrogens with zero attached hydrogens (tertiary/aromatic N) is 2. The van der Waals surface area contributed by atoms with Crippen molar-refractivity contribution in [2.75, 3.05) is 0 Å². The standard InChI is InChI=1S/C12H20N2/c1-5-7-11-10(6-2)8-9-12(3,4)14-13-11/h5,7-11H,6H2,1-4H3/b7-5+. The number of rotatable bonds is 2. The van der Waals surface area contributed by atoms with Crippen LogP contribution in [0.5, 0.6) is 0 Å². The highest BCUT2D eigenvalue weighted by Crippen LogP contribution is 2.24. The second-order valence-electron chi connectivity index (χ2n) is 4.32. The molecule has 1 aliphatic rings. The van der Waals surface area contributed by atoms with Crippen LogP contribution in [0.25, 0.3) is 0 Å². The molecule has 14 heavy (non-hydrogen) atoms. The predicted octanol–water partition coefficient (Wildman–Crippen LogP) is 3.76. The molecule has 1 aliphatic heterocycles. The van der Waals surface area contributed by atoms with Gasteiger partial charge in [0.15, 0.2) is 0 Å². The number of hydrogen-bond acceptors (Lipinski definition) is 2. The molecule has 0 bridgehead atoms. The van der Waals surface area contributed by atoms with E-state index in [1.165, 1.54) is 0 Å². The van der Waals surface area contributed by atoms with Crippen LogP contribution in [0.4, 0.5) is 0 Å². The van der Waals surface area contributed by atoms with E-state index < -0.39 is 0 Å². The molecule has 2 unspecified atom stereocenters. The summed E-state index contributed by atoms with van der Waals surface area (Å²) in [6.45, 7) is 8.39. The first kappa shape index (κ1) is 11.2. The molecule has 1 rings (SSSR count). The Morgan fingerprint density at radius 3 is 2.71 bits per heavy atom. The van der Waals surface area contributed by atoms with Crippen LogP contribution in [0.3, 0.4) is 0 Å². The van der Waals surface area contributed by atoms with E-state index >= 15 is 0 Å². The van der Waals surface area contributed by atoms with Gasteiger partial charge >= 0.3 is 0 Å². The summed E-state index contributed by atoms with van der Waals surface area (Å²) in [6, 6.07) is 0.225. The predicted molar refractivity (Wildman–Crippen MR) is 60.5 cm³/mol. The molecule has 2 nitrogen and oxygen atoms in total. The zero-order valence-electron chi connectivity index (χ0n) is 9.57. The molecular formula is C12H20N2. The summed E-state index contributed by atoms with van der Waals surface area (Å²) >= 11 is 0. The molecule has 2 heteroatoms. The average molecular weight is 192 g/mol. The zero-order chi connectivity index (χ0) is 10.6. The minimum atomic E-state index is -0.135. The lowest BCUT2D eigenvalue weighted by Gasteiger charge is -2.13. The van der Waals surface area contributed by atoms with Crippen LogP contribution in [0, 0.1) is 5.92 Å². The Morgan fingerprint density at radius 1 is 1.43 bits per heavy atom. The van der Waals surface area contributed by atoms with E-state index in [2.05, 4.69) is 55.3 Å². The monoisotopic (exact) mass is 192 g/mol. The zero-order valence-corrected chi connectivity index (χ0v) is 9.57. The maximum Gasteiger partial charge on any atom is 0.0951 e. The average Bonchev–Trinajstić information content (AvgIpc) is 2.27. The summed E-state index contributed by atoms with van der Waals surface area (Å²) < 4.78 is 0. The van der Waals surface area contributed by atoms with Gasteiger partial charge in [0.1, 0.15) is 0 Å². The van der Waals surface area contributed by atoms with Gasteiger partial charge in [0.2, 0.25) is 0 Å². The smallest absolute Gasteiger partial charge is 0.0951 e.